The Balaban J connectivity index is 1.94. The number of ether oxygens (including phenoxy) is 1. The molecule has 0 saturated carbocycles. The van der Waals surface area contributed by atoms with Gasteiger partial charge in [0.1, 0.15) is 11.8 Å². The molecule has 9 nitrogen and oxygen atoms in total. The normalized spacial score (nSPS) is 14.2. The largest absolute Gasteiger partial charge is 0.482 e. The summed E-state index contributed by atoms with van der Waals surface area (Å²) in [5, 5.41) is 11.4. The predicted molar refractivity (Wildman–Crippen MR) is 86.9 cm³/mol. The summed E-state index contributed by atoms with van der Waals surface area (Å²) in [4.78, 5) is 47.3. The van der Waals surface area contributed by atoms with Gasteiger partial charge in [-0.3, -0.25) is 14.4 Å². The molecule has 1 atom stereocenters. The zero-order chi connectivity index (χ0) is 18.4. The smallest absolute Gasteiger partial charge is 0.326 e. The van der Waals surface area contributed by atoms with Crippen LogP contribution < -0.4 is 20.7 Å². The number of para-hydroxylation sites is 2. The first kappa shape index (κ1) is 18.2. The van der Waals surface area contributed by atoms with Crippen LogP contribution in [-0.4, -0.2) is 48.0 Å². The number of primary amides is 1. The van der Waals surface area contributed by atoms with Crippen molar-refractivity contribution in [2.45, 2.75) is 25.3 Å². The van der Waals surface area contributed by atoms with Gasteiger partial charge in [0.25, 0.3) is 5.91 Å². The molecule has 0 aliphatic carbocycles. The summed E-state index contributed by atoms with van der Waals surface area (Å²) >= 11 is 0. The second-order valence-electron chi connectivity index (χ2n) is 5.52. The van der Waals surface area contributed by atoms with Gasteiger partial charge in [-0.25, -0.2) is 4.79 Å². The van der Waals surface area contributed by atoms with Crippen molar-refractivity contribution in [1.29, 1.82) is 0 Å². The number of carbonyl (C=O) groups excluding carboxylic acids is 3. The van der Waals surface area contributed by atoms with Crippen molar-refractivity contribution in [3.63, 3.8) is 0 Å². The number of nitrogens with one attached hydrogen (secondary N) is 1. The highest BCUT2D eigenvalue weighted by atomic mass is 16.5. The van der Waals surface area contributed by atoms with Gasteiger partial charge in [0.2, 0.25) is 11.8 Å². The number of aliphatic carboxylic acids is 1. The molecule has 0 saturated heterocycles. The number of hydrogen-bond donors (Lipinski definition) is 3. The molecule has 2 rings (SSSR count). The number of rotatable bonds is 8. The summed E-state index contributed by atoms with van der Waals surface area (Å²) in [6, 6.07) is 5.75. The van der Waals surface area contributed by atoms with Crippen LogP contribution in [0, 0.1) is 0 Å². The maximum Gasteiger partial charge on any atom is 0.326 e. The Bertz CT molecular complexity index is 690. The molecule has 1 heterocycles. The van der Waals surface area contributed by atoms with Crippen LogP contribution in [0.2, 0.25) is 0 Å². The van der Waals surface area contributed by atoms with Crippen LogP contribution >= 0.6 is 0 Å². The molecule has 1 aromatic carbocycles. The van der Waals surface area contributed by atoms with E-state index in [-0.39, 0.29) is 38.3 Å². The van der Waals surface area contributed by atoms with E-state index in [1.165, 1.54) is 4.90 Å². The van der Waals surface area contributed by atoms with E-state index in [0.29, 0.717) is 11.4 Å². The number of hydrogen-bond acceptors (Lipinski definition) is 5. The summed E-state index contributed by atoms with van der Waals surface area (Å²) < 4.78 is 5.31. The maximum absolute atomic E-state index is 12.0. The predicted octanol–water partition coefficient (Wildman–Crippen LogP) is -0.363. The van der Waals surface area contributed by atoms with Crippen LogP contribution in [0.3, 0.4) is 0 Å². The van der Waals surface area contributed by atoms with Gasteiger partial charge in [0, 0.05) is 19.4 Å². The Labute approximate surface area is 143 Å². The molecule has 9 heteroatoms. The average Bonchev–Trinajstić information content (AvgIpc) is 2.57. The lowest BCUT2D eigenvalue weighted by Crippen LogP contribution is -2.44. The molecule has 0 spiro atoms. The number of amides is 3. The number of nitrogens with two attached hydrogens (primary N) is 1. The molecule has 0 radical (unpaired) electrons. The van der Waals surface area contributed by atoms with Crippen LogP contribution in [0.15, 0.2) is 24.3 Å². The van der Waals surface area contributed by atoms with E-state index in [1.807, 2.05) is 0 Å². The van der Waals surface area contributed by atoms with E-state index in [4.69, 9.17) is 15.6 Å². The fraction of sp³-hybridized carbons (Fsp3) is 0.375. The monoisotopic (exact) mass is 349 g/mol. The Morgan fingerprint density at radius 2 is 2.00 bits per heavy atom. The van der Waals surface area contributed by atoms with Crippen molar-refractivity contribution in [3.05, 3.63) is 24.3 Å². The van der Waals surface area contributed by atoms with Crippen molar-refractivity contribution < 1.29 is 29.0 Å². The van der Waals surface area contributed by atoms with Crippen molar-refractivity contribution in [1.82, 2.24) is 5.32 Å². The average molecular weight is 349 g/mol. The van der Waals surface area contributed by atoms with Crippen molar-refractivity contribution in [3.8, 4) is 5.75 Å². The fourth-order valence-corrected chi connectivity index (χ4v) is 2.42. The van der Waals surface area contributed by atoms with E-state index in [2.05, 4.69) is 5.32 Å². The summed E-state index contributed by atoms with van der Waals surface area (Å²) in [7, 11) is 0. The van der Waals surface area contributed by atoms with Gasteiger partial charge in [-0.05, 0) is 18.6 Å². The van der Waals surface area contributed by atoms with E-state index in [9.17, 15) is 19.2 Å². The first-order valence-corrected chi connectivity index (χ1v) is 7.71. The van der Waals surface area contributed by atoms with Crippen LogP contribution in [0.4, 0.5) is 5.69 Å². The second-order valence-corrected chi connectivity index (χ2v) is 5.52. The number of carboxylic acids is 1. The highest BCUT2D eigenvalue weighted by Gasteiger charge is 2.26. The number of nitrogens with zero attached hydrogens (tertiary/aromatic N) is 1. The molecule has 25 heavy (non-hydrogen) atoms. The van der Waals surface area contributed by atoms with E-state index in [1.54, 1.807) is 24.3 Å². The van der Waals surface area contributed by atoms with E-state index < -0.39 is 23.8 Å². The van der Waals surface area contributed by atoms with Gasteiger partial charge < -0.3 is 25.8 Å². The quantitative estimate of drug-likeness (QED) is 0.585. The number of anilines is 1. The number of carbonyl (C=O) groups is 4. The molecule has 3 amide bonds. The Kier molecular flexibility index (Phi) is 5.93. The Hall–Kier alpha value is -3.10. The molecule has 0 aromatic heterocycles. The van der Waals surface area contributed by atoms with Gasteiger partial charge in [-0.1, -0.05) is 12.1 Å². The number of carboxylic acid groups (broad SMARTS) is 1. The molecule has 0 fully saturated rings. The van der Waals surface area contributed by atoms with Crippen LogP contribution in [0.5, 0.6) is 5.75 Å². The minimum Gasteiger partial charge on any atom is -0.482 e. The van der Waals surface area contributed by atoms with Gasteiger partial charge >= 0.3 is 5.97 Å². The highest BCUT2D eigenvalue weighted by Crippen LogP contribution is 2.31. The Morgan fingerprint density at radius 3 is 2.68 bits per heavy atom. The standard InChI is InChI=1S/C16H19N3O6/c17-13(20)6-5-10(16(23)24)18-14(21)7-8-19-11-3-1-2-4-12(11)25-9-15(19)22/h1-4,10H,5-9H2,(H2,17,20)(H,18,21)(H,23,24). The van der Waals surface area contributed by atoms with Crippen LogP contribution in [0.1, 0.15) is 19.3 Å². The summed E-state index contributed by atoms with van der Waals surface area (Å²) in [5.74, 6) is -2.16. The molecule has 134 valence electrons. The molecule has 0 bridgehead atoms. The second kappa shape index (κ2) is 8.13. The van der Waals surface area contributed by atoms with Crippen LogP contribution in [-0.2, 0) is 19.2 Å². The van der Waals surface area contributed by atoms with E-state index >= 15 is 0 Å². The highest BCUT2D eigenvalue weighted by molar-refractivity contribution is 5.98. The molecular weight excluding hydrogens is 330 g/mol. The van der Waals surface area contributed by atoms with Gasteiger partial charge in [-0.15, -0.1) is 0 Å². The minimum atomic E-state index is -1.25. The fourth-order valence-electron chi connectivity index (χ4n) is 2.42. The molecule has 1 aliphatic heterocycles. The maximum atomic E-state index is 12.0. The lowest BCUT2D eigenvalue weighted by molar-refractivity contribution is -0.142. The van der Waals surface area contributed by atoms with Crippen LogP contribution in [0.25, 0.3) is 0 Å². The van der Waals surface area contributed by atoms with Crippen molar-refractivity contribution >= 4 is 29.4 Å². The number of benzene rings is 1. The van der Waals surface area contributed by atoms with Crippen molar-refractivity contribution in [2.24, 2.45) is 5.73 Å². The third kappa shape index (κ3) is 4.93. The summed E-state index contributed by atoms with van der Waals surface area (Å²) in [6.07, 6.45) is -0.317. The first-order chi connectivity index (χ1) is 11.9. The molecule has 1 unspecified atom stereocenters. The van der Waals surface area contributed by atoms with E-state index in [0.717, 1.165) is 0 Å². The third-order valence-electron chi connectivity index (χ3n) is 3.68. The lowest BCUT2D eigenvalue weighted by atomic mass is 10.1. The zero-order valence-corrected chi connectivity index (χ0v) is 13.4. The molecule has 1 aliphatic rings. The summed E-state index contributed by atoms with van der Waals surface area (Å²) in [6.45, 7) is -0.0256. The van der Waals surface area contributed by atoms with Gasteiger partial charge in [0.15, 0.2) is 6.61 Å². The molecule has 1 aromatic rings. The van der Waals surface area contributed by atoms with Gasteiger partial charge in [-0.2, -0.15) is 0 Å². The molecular formula is C16H19N3O6. The zero-order valence-electron chi connectivity index (χ0n) is 13.4. The van der Waals surface area contributed by atoms with Gasteiger partial charge in [0.05, 0.1) is 5.69 Å². The first-order valence-electron chi connectivity index (χ1n) is 7.71. The van der Waals surface area contributed by atoms with Crippen molar-refractivity contribution in [2.75, 3.05) is 18.1 Å². The number of fused-ring (bicyclic) bond motifs is 1. The minimum absolute atomic E-state index is 0.0829. The summed E-state index contributed by atoms with van der Waals surface area (Å²) in [5.41, 5.74) is 5.55. The Morgan fingerprint density at radius 1 is 1.28 bits per heavy atom. The topological polar surface area (TPSA) is 139 Å². The molecule has 4 N–H and O–H groups in total. The lowest BCUT2D eigenvalue weighted by Gasteiger charge is -2.29. The SMILES string of the molecule is NC(=O)CCC(NC(=O)CCN1C(=O)COc2ccccc21)C(=O)O. The third-order valence-corrected chi connectivity index (χ3v) is 3.68.